The van der Waals surface area contributed by atoms with E-state index in [0.717, 1.165) is 0 Å². The SMILES string of the molecule is O=C1CCCC2=C1C(c1ccc(Cl)cc1Cl)CC(=O)N2c1ccccc1F. The average molecular weight is 404 g/mol. The van der Waals surface area contributed by atoms with Crippen molar-refractivity contribution in [1.82, 2.24) is 0 Å². The maximum atomic E-state index is 14.4. The Morgan fingerprint density at radius 1 is 1.04 bits per heavy atom. The first-order valence-corrected chi connectivity index (χ1v) is 9.51. The number of para-hydroxylation sites is 1. The molecular formula is C21H16Cl2FNO2. The van der Waals surface area contributed by atoms with Crippen molar-refractivity contribution in [2.24, 2.45) is 0 Å². The third-order valence-corrected chi connectivity index (χ3v) is 5.67. The summed E-state index contributed by atoms with van der Waals surface area (Å²) in [7, 11) is 0. The molecule has 0 fully saturated rings. The highest BCUT2D eigenvalue weighted by Gasteiger charge is 2.40. The molecule has 1 heterocycles. The van der Waals surface area contributed by atoms with E-state index in [0.29, 0.717) is 46.1 Å². The molecule has 2 aliphatic rings. The molecule has 0 spiro atoms. The van der Waals surface area contributed by atoms with Crippen LogP contribution < -0.4 is 4.90 Å². The molecule has 4 rings (SSSR count). The largest absolute Gasteiger partial charge is 0.294 e. The quantitative estimate of drug-likeness (QED) is 0.648. The Kier molecular flexibility index (Phi) is 4.79. The number of nitrogens with zero attached hydrogens (tertiary/aromatic N) is 1. The van der Waals surface area contributed by atoms with Crippen LogP contribution in [0.5, 0.6) is 0 Å². The van der Waals surface area contributed by atoms with Gasteiger partial charge in [-0.05, 0) is 42.7 Å². The number of carbonyl (C=O) groups is 2. The highest BCUT2D eigenvalue weighted by atomic mass is 35.5. The van der Waals surface area contributed by atoms with Crippen LogP contribution in [0, 0.1) is 5.82 Å². The lowest BCUT2D eigenvalue weighted by Crippen LogP contribution is -2.41. The lowest BCUT2D eigenvalue weighted by Gasteiger charge is -2.38. The van der Waals surface area contributed by atoms with Crippen LogP contribution in [0.15, 0.2) is 53.7 Å². The Morgan fingerprint density at radius 2 is 1.81 bits per heavy atom. The van der Waals surface area contributed by atoms with Crippen LogP contribution in [-0.2, 0) is 9.59 Å². The molecule has 0 N–H and O–H groups in total. The molecule has 1 atom stereocenters. The number of hydrogen-bond donors (Lipinski definition) is 0. The van der Waals surface area contributed by atoms with Gasteiger partial charge >= 0.3 is 0 Å². The summed E-state index contributed by atoms with van der Waals surface area (Å²) >= 11 is 12.4. The number of anilines is 1. The number of hydrogen-bond acceptors (Lipinski definition) is 2. The van der Waals surface area contributed by atoms with Gasteiger partial charge in [-0.15, -0.1) is 0 Å². The molecule has 0 radical (unpaired) electrons. The number of benzene rings is 2. The highest BCUT2D eigenvalue weighted by molar-refractivity contribution is 6.35. The minimum Gasteiger partial charge on any atom is -0.294 e. The van der Waals surface area contributed by atoms with E-state index in [-0.39, 0.29) is 23.8 Å². The van der Waals surface area contributed by atoms with Crippen molar-refractivity contribution < 1.29 is 14.0 Å². The lowest BCUT2D eigenvalue weighted by molar-refractivity contribution is -0.120. The fourth-order valence-electron chi connectivity index (χ4n) is 3.96. The van der Waals surface area contributed by atoms with Gasteiger partial charge in [0.1, 0.15) is 5.82 Å². The minimum atomic E-state index is -0.487. The first-order valence-electron chi connectivity index (χ1n) is 8.76. The zero-order chi connectivity index (χ0) is 19.1. The Labute approximate surface area is 166 Å². The zero-order valence-corrected chi connectivity index (χ0v) is 15.9. The molecule has 3 nitrogen and oxygen atoms in total. The molecule has 1 aliphatic carbocycles. The zero-order valence-electron chi connectivity index (χ0n) is 14.3. The van der Waals surface area contributed by atoms with E-state index in [9.17, 15) is 14.0 Å². The summed E-state index contributed by atoms with van der Waals surface area (Å²) in [4.78, 5) is 27.2. The van der Waals surface area contributed by atoms with E-state index in [1.54, 1.807) is 36.4 Å². The monoisotopic (exact) mass is 403 g/mol. The average Bonchev–Trinajstić information content (AvgIpc) is 2.62. The van der Waals surface area contributed by atoms with Crippen molar-refractivity contribution in [2.75, 3.05) is 4.90 Å². The van der Waals surface area contributed by atoms with Crippen molar-refractivity contribution >= 4 is 40.6 Å². The van der Waals surface area contributed by atoms with Crippen molar-refractivity contribution in [3.63, 3.8) is 0 Å². The number of halogens is 3. The molecular weight excluding hydrogens is 388 g/mol. The Bertz CT molecular complexity index is 986. The normalized spacial score (nSPS) is 20.1. The summed E-state index contributed by atoms with van der Waals surface area (Å²) < 4.78 is 14.4. The fourth-order valence-corrected chi connectivity index (χ4v) is 4.50. The Hall–Kier alpha value is -2.17. The predicted molar refractivity (Wildman–Crippen MR) is 104 cm³/mol. The molecule has 6 heteroatoms. The molecule has 0 saturated heterocycles. The van der Waals surface area contributed by atoms with Crippen LogP contribution >= 0.6 is 23.2 Å². The summed E-state index contributed by atoms with van der Waals surface area (Å²) in [5, 5.41) is 0.910. The minimum absolute atomic E-state index is 0.0129. The second kappa shape index (κ2) is 7.10. The third kappa shape index (κ3) is 3.17. The van der Waals surface area contributed by atoms with Gasteiger partial charge < -0.3 is 0 Å². The van der Waals surface area contributed by atoms with E-state index < -0.39 is 11.7 Å². The number of carbonyl (C=O) groups excluding carboxylic acids is 2. The van der Waals surface area contributed by atoms with Crippen molar-refractivity contribution in [1.29, 1.82) is 0 Å². The second-order valence-corrected chi connectivity index (χ2v) is 7.58. The summed E-state index contributed by atoms with van der Waals surface area (Å²) in [6, 6.07) is 11.2. The molecule has 2 aromatic carbocycles. The van der Waals surface area contributed by atoms with Crippen LogP contribution in [0.2, 0.25) is 10.0 Å². The van der Waals surface area contributed by atoms with Gasteiger partial charge in [0.2, 0.25) is 5.91 Å². The van der Waals surface area contributed by atoms with E-state index in [2.05, 4.69) is 0 Å². The van der Waals surface area contributed by atoms with Crippen molar-refractivity contribution in [3.05, 3.63) is 75.2 Å². The van der Waals surface area contributed by atoms with Gasteiger partial charge in [0.05, 0.1) is 5.69 Å². The summed E-state index contributed by atoms with van der Waals surface area (Å²) in [5.41, 5.74) is 2.03. The lowest BCUT2D eigenvalue weighted by atomic mass is 9.77. The first-order chi connectivity index (χ1) is 13.0. The van der Waals surface area contributed by atoms with E-state index in [1.165, 1.54) is 11.0 Å². The molecule has 1 amide bonds. The maximum Gasteiger partial charge on any atom is 0.232 e. The molecule has 0 bridgehead atoms. The molecule has 138 valence electrons. The van der Waals surface area contributed by atoms with Crippen molar-refractivity contribution in [2.45, 2.75) is 31.6 Å². The van der Waals surface area contributed by atoms with Crippen molar-refractivity contribution in [3.8, 4) is 0 Å². The van der Waals surface area contributed by atoms with Gasteiger partial charge in [-0.3, -0.25) is 14.5 Å². The number of amides is 1. The molecule has 2 aromatic rings. The second-order valence-electron chi connectivity index (χ2n) is 6.74. The topological polar surface area (TPSA) is 37.4 Å². The molecule has 0 saturated carbocycles. The van der Waals surface area contributed by atoms with E-state index in [4.69, 9.17) is 23.2 Å². The molecule has 1 unspecified atom stereocenters. The van der Waals surface area contributed by atoms with Gasteiger partial charge in [-0.1, -0.05) is 41.4 Å². The number of Topliss-reactive ketones (excluding diaryl/α,β-unsaturated/α-hetero) is 1. The smallest absolute Gasteiger partial charge is 0.232 e. The number of ketones is 1. The van der Waals surface area contributed by atoms with Gasteiger partial charge in [0, 0.05) is 40.1 Å². The predicted octanol–water partition coefficient (Wildman–Crippen LogP) is 5.66. The van der Waals surface area contributed by atoms with E-state index >= 15 is 0 Å². The highest BCUT2D eigenvalue weighted by Crippen LogP contribution is 2.45. The van der Waals surface area contributed by atoms with Gasteiger partial charge in [0.25, 0.3) is 0 Å². The standard InChI is InChI=1S/C21H16Cl2FNO2/c22-12-8-9-13(15(23)10-12)14-11-20(27)25(17-5-2-1-4-16(17)24)18-6-3-7-19(26)21(14)18/h1-2,4-5,8-10,14H,3,6-7,11H2. The van der Waals surface area contributed by atoms with Gasteiger partial charge in [0.15, 0.2) is 5.78 Å². The first kappa shape index (κ1) is 18.2. The van der Waals surface area contributed by atoms with Crippen LogP contribution in [-0.4, -0.2) is 11.7 Å². The summed E-state index contributed by atoms with van der Waals surface area (Å²) in [6.07, 6.45) is 1.65. The summed E-state index contributed by atoms with van der Waals surface area (Å²) in [6.45, 7) is 0. The molecule has 27 heavy (non-hydrogen) atoms. The number of rotatable bonds is 2. The van der Waals surface area contributed by atoms with Crippen LogP contribution in [0.25, 0.3) is 0 Å². The third-order valence-electron chi connectivity index (χ3n) is 5.11. The van der Waals surface area contributed by atoms with Gasteiger partial charge in [-0.2, -0.15) is 0 Å². The summed E-state index contributed by atoms with van der Waals surface area (Å²) in [5.74, 6) is -1.18. The van der Waals surface area contributed by atoms with Crippen LogP contribution in [0.4, 0.5) is 10.1 Å². The number of allylic oxidation sites excluding steroid dienone is 2. The fraction of sp³-hybridized carbons (Fsp3) is 0.238. The van der Waals surface area contributed by atoms with Gasteiger partial charge in [-0.25, -0.2) is 4.39 Å². The Balaban J connectivity index is 1.90. The maximum absolute atomic E-state index is 14.4. The molecule has 1 aliphatic heterocycles. The van der Waals surface area contributed by atoms with Crippen LogP contribution in [0.3, 0.4) is 0 Å². The van der Waals surface area contributed by atoms with E-state index in [1.807, 2.05) is 0 Å². The molecule has 0 aromatic heterocycles. The Morgan fingerprint density at radius 3 is 2.56 bits per heavy atom. The van der Waals surface area contributed by atoms with Crippen LogP contribution in [0.1, 0.15) is 37.2 Å².